The molecule has 0 aliphatic carbocycles. The molecular weight excluding hydrogens is 177 g/mol. The van der Waals surface area contributed by atoms with Crippen molar-refractivity contribution in [3.63, 3.8) is 0 Å². The molecule has 0 N–H and O–H groups in total. The van der Waals surface area contributed by atoms with Gasteiger partial charge in [0.25, 0.3) is 0 Å². The van der Waals surface area contributed by atoms with Gasteiger partial charge in [-0.2, -0.15) is 5.26 Å². The van der Waals surface area contributed by atoms with Gasteiger partial charge in [0.15, 0.2) is 0 Å². The minimum atomic E-state index is -0.609. The van der Waals surface area contributed by atoms with Gasteiger partial charge in [0, 0.05) is 4.90 Å². The number of rotatable bonds is 1. The van der Waals surface area contributed by atoms with Crippen LogP contribution in [0.15, 0.2) is 17.0 Å². The van der Waals surface area contributed by atoms with E-state index in [0.717, 1.165) is 0 Å². The van der Waals surface area contributed by atoms with E-state index in [1.807, 2.05) is 0 Å². The van der Waals surface area contributed by atoms with Crippen LogP contribution in [0.2, 0.25) is 0 Å². The maximum atomic E-state index is 12.9. The van der Waals surface area contributed by atoms with Gasteiger partial charge >= 0.3 is 0 Å². The fraction of sp³-hybridized carbons (Fsp3) is 0.125. The molecule has 0 radical (unpaired) electrons. The van der Waals surface area contributed by atoms with E-state index in [2.05, 4.69) is 12.6 Å². The Labute approximate surface area is 75.0 Å². The van der Waals surface area contributed by atoms with Gasteiger partial charge in [-0.15, -0.1) is 12.6 Å². The zero-order valence-electron chi connectivity index (χ0n) is 6.34. The predicted octanol–water partition coefficient (Wildman–Crippen LogP) is 1.99. The fourth-order valence-electron chi connectivity index (χ4n) is 0.837. The Morgan fingerprint density at radius 3 is 2.75 bits per heavy atom. The molecule has 0 bridgehead atoms. The van der Waals surface area contributed by atoms with Crippen LogP contribution in [-0.2, 0) is 0 Å². The second-order valence-electron chi connectivity index (χ2n) is 2.12. The van der Waals surface area contributed by atoms with Gasteiger partial charge in [-0.25, -0.2) is 4.39 Å². The van der Waals surface area contributed by atoms with Crippen molar-refractivity contribution in [3.05, 3.63) is 23.5 Å². The van der Waals surface area contributed by atoms with Gasteiger partial charge in [-0.05, 0) is 12.1 Å². The van der Waals surface area contributed by atoms with Crippen LogP contribution in [0.25, 0.3) is 0 Å². The summed E-state index contributed by atoms with van der Waals surface area (Å²) in [6.45, 7) is 0. The topological polar surface area (TPSA) is 33.0 Å². The molecule has 0 atom stereocenters. The molecule has 4 heteroatoms. The molecule has 0 amide bonds. The van der Waals surface area contributed by atoms with Crippen LogP contribution in [0.1, 0.15) is 5.56 Å². The van der Waals surface area contributed by atoms with E-state index in [4.69, 9.17) is 10.00 Å². The Bertz CT molecular complexity index is 346. The maximum absolute atomic E-state index is 12.9. The van der Waals surface area contributed by atoms with Crippen LogP contribution in [0.5, 0.6) is 5.75 Å². The zero-order valence-corrected chi connectivity index (χ0v) is 7.23. The second-order valence-corrected chi connectivity index (χ2v) is 2.63. The third-order valence-corrected chi connectivity index (χ3v) is 1.63. The highest BCUT2D eigenvalue weighted by Gasteiger charge is 2.09. The smallest absolute Gasteiger partial charge is 0.145 e. The number of hydrogen-bond acceptors (Lipinski definition) is 3. The normalized spacial score (nSPS) is 9.17. The second kappa shape index (κ2) is 3.46. The summed E-state index contributed by atoms with van der Waals surface area (Å²) < 4.78 is 17.7. The lowest BCUT2D eigenvalue weighted by Gasteiger charge is -2.03. The Morgan fingerprint density at radius 1 is 1.58 bits per heavy atom. The first-order chi connectivity index (χ1) is 5.69. The molecule has 0 heterocycles. The molecule has 0 unspecified atom stereocenters. The lowest BCUT2D eigenvalue weighted by atomic mass is 10.2. The van der Waals surface area contributed by atoms with Gasteiger partial charge in [0.2, 0.25) is 0 Å². The summed E-state index contributed by atoms with van der Waals surface area (Å²) in [5.74, 6) is -0.399. The molecule has 62 valence electrons. The summed E-state index contributed by atoms with van der Waals surface area (Å²) in [5.41, 5.74) is -0.0877. The van der Waals surface area contributed by atoms with Crippen molar-refractivity contribution in [2.24, 2.45) is 0 Å². The van der Waals surface area contributed by atoms with E-state index in [-0.39, 0.29) is 11.3 Å². The number of nitriles is 1. The highest BCUT2D eigenvalue weighted by molar-refractivity contribution is 7.80. The summed E-state index contributed by atoms with van der Waals surface area (Å²) in [4.78, 5) is 0.434. The van der Waals surface area contributed by atoms with Gasteiger partial charge in [0.05, 0.1) is 7.11 Å². The van der Waals surface area contributed by atoms with Gasteiger partial charge in [-0.3, -0.25) is 0 Å². The molecular formula is C8H6FNOS. The average molecular weight is 183 g/mol. The number of methoxy groups -OCH3 is 1. The first-order valence-electron chi connectivity index (χ1n) is 3.15. The monoisotopic (exact) mass is 183 g/mol. The fourth-order valence-corrected chi connectivity index (χ4v) is 1.07. The molecule has 1 rings (SSSR count). The molecule has 1 aromatic carbocycles. The van der Waals surface area contributed by atoms with Crippen LogP contribution in [0, 0.1) is 17.1 Å². The number of nitrogens with zero attached hydrogens (tertiary/aromatic N) is 1. The van der Waals surface area contributed by atoms with E-state index in [1.165, 1.54) is 19.2 Å². The SMILES string of the molecule is COc1cc(S)cc(F)c1C#N. The number of benzene rings is 1. The first-order valence-corrected chi connectivity index (χ1v) is 3.60. The molecule has 0 aliphatic heterocycles. The minimum Gasteiger partial charge on any atom is -0.495 e. The number of ether oxygens (including phenoxy) is 1. The predicted molar refractivity (Wildman–Crippen MR) is 44.9 cm³/mol. The Hall–Kier alpha value is -1.21. The van der Waals surface area contributed by atoms with Crippen molar-refractivity contribution in [2.45, 2.75) is 4.90 Å². The van der Waals surface area contributed by atoms with Crippen LogP contribution in [0.4, 0.5) is 4.39 Å². The van der Waals surface area contributed by atoms with Crippen LogP contribution >= 0.6 is 12.6 Å². The molecule has 0 aromatic heterocycles. The minimum absolute atomic E-state index is 0.0877. The zero-order chi connectivity index (χ0) is 9.14. The molecule has 1 aromatic rings. The van der Waals surface area contributed by atoms with Crippen molar-refractivity contribution in [1.82, 2.24) is 0 Å². The molecule has 2 nitrogen and oxygen atoms in total. The van der Waals surface area contributed by atoms with Crippen molar-refractivity contribution >= 4 is 12.6 Å². The van der Waals surface area contributed by atoms with E-state index in [0.29, 0.717) is 4.90 Å². The molecule has 0 spiro atoms. The maximum Gasteiger partial charge on any atom is 0.145 e. The molecule has 0 saturated carbocycles. The summed E-state index contributed by atoms with van der Waals surface area (Å²) in [5, 5.41) is 8.53. The number of hydrogen-bond donors (Lipinski definition) is 1. The highest BCUT2D eigenvalue weighted by atomic mass is 32.1. The summed E-state index contributed by atoms with van der Waals surface area (Å²) in [6, 6.07) is 4.37. The van der Waals surface area contributed by atoms with Crippen molar-refractivity contribution in [3.8, 4) is 11.8 Å². The van der Waals surface area contributed by atoms with Crippen molar-refractivity contribution in [2.75, 3.05) is 7.11 Å². The lowest BCUT2D eigenvalue weighted by molar-refractivity contribution is 0.408. The highest BCUT2D eigenvalue weighted by Crippen LogP contribution is 2.24. The summed E-state index contributed by atoms with van der Waals surface area (Å²) >= 11 is 3.93. The molecule has 0 fully saturated rings. The van der Waals surface area contributed by atoms with E-state index < -0.39 is 5.82 Å². The average Bonchev–Trinajstić information content (AvgIpc) is 2.03. The molecule has 0 aliphatic rings. The van der Waals surface area contributed by atoms with Crippen LogP contribution in [0.3, 0.4) is 0 Å². The van der Waals surface area contributed by atoms with Gasteiger partial charge in [-0.1, -0.05) is 0 Å². The Kier molecular flexibility index (Phi) is 2.56. The third kappa shape index (κ3) is 1.51. The third-order valence-electron chi connectivity index (χ3n) is 1.37. The lowest BCUT2D eigenvalue weighted by Crippen LogP contribution is -1.91. The first kappa shape index (κ1) is 8.88. The summed E-state index contributed by atoms with van der Waals surface area (Å²) in [6.07, 6.45) is 0. The van der Waals surface area contributed by atoms with E-state index in [1.54, 1.807) is 6.07 Å². The Morgan fingerprint density at radius 2 is 2.25 bits per heavy atom. The quantitative estimate of drug-likeness (QED) is 0.675. The standard InChI is InChI=1S/C8H6FNOS/c1-11-8-3-5(12)2-7(9)6(8)4-10/h2-3,12H,1H3. The van der Waals surface area contributed by atoms with E-state index in [9.17, 15) is 4.39 Å². The Balaban J connectivity index is 3.36. The number of halogens is 1. The van der Waals surface area contributed by atoms with Gasteiger partial charge in [0.1, 0.15) is 23.2 Å². The summed E-state index contributed by atoms with van der Waals surface area (Å²) in [7, 11) is 1.38. The van der Waals surface area contributed by atoms with Crippen molar-refractivity contribution in [1.29, 1.82) is 5.26 Å². The largest absolute Gasteiger partial charge is 0.495 e. The van der Waals surface area contributed by atoms with E-state index >= 15 is 0 Å². The number of thiol groups is 1. The van der Waals surface area contributed by atoms with Crippen LogP contribution < -0.4 is 4.74 Å². The van der Waals surface area contributed by atoms with Gasteiger partial charge < -0.3 is 4.74 Å². The molecule has 0 saturated heterocycles. The van der Waals surface area contributed by atoms with Crippen molar-refractivity contribution < 1.29 is 9.13 Å². The molecule has 12 heavy (non-hydrogen) atoms. The van der Waals surface area contributed by atoms with Crippen LogP contribution in [-0.4, -0.2) is 7.11 Å².